The normalized spacial score (nSPS) is 15.1. The van der Waals surface area contributed by atoms with Crippen LogP contribution in [0.4, 0.5) is 0 Å². The maximum Gasteiger partial charge on any atom is 0.0582 e. The van der Waals surface area contributed by atoms with E-state index in [4.69, 9.17) is 0 Å². The van der Waals surface area contributed by atoms with Crippen LogP contribution in [0.15, 0.2) is 60.7 Å². The molecule has 0 N–H and O–H groups in total. The zero-order valence-corrected chi connectivity index (χ0v) is 13.7. The number of aromatic nitrogens is 1. The Balaban J connectivity index is 2.12. The van der Waals surface area contributed by atoms with E-state index < -0.39 is 0 Å². The molecule has 0 spiro atoms. The summed E-state index contributed by atoms with van der Waals surface area (Å²) in [5, 5.41) is 2.70. The van der Waals surface area contributed by atoms with Crippen molar-refractivity contribution in [3.8, 4) is 5.69 Å². The molecule has 0 atom stereocenters. The SMILES string of the molecule is Cc1ccc2c(c1)C(C)(C)c1cccc3c4ccccc4n-2c13. The summed E-state index contributed by atoms with van der Waals surface area (Å²) in [5.74, 6) is 0. The highest BCUT2D eigenvalue weighted by Gasteiger charge is 2.34. The smallest absolute Gasteiger partial charge is 0.0582 e. The summed E-state index contributed by atoms with van der Waals surface area (Å²) in [7, 11) is 0. The molecule has 112 valence electrons. The molecule has 3 aromatic carbocycles. The van der Waals surface area contributed by atoms with Crippen molar-refractivity contribution in [1.29, 1.82) is 0 Å². The van der Waals surface area contributed by atoms with Gasteiger partial charge in [0.05, 0.1) is 16.7 Å². The van der Waals surface area contributed by atoms with Crippen LogP contribution in [0.1, 0.15) is 30.5 Å². The van der Waals surface area contributed by atoms with Gasteiger partial charge in [-0.3, -0.25) is 0 Å². The van der Waals surface area contributed by atoms with Gasteiger partial charge in [-0.25, -0.2) is 0 Å². The standard InChI is InChI=1S/C22H19N/c1-14-11-12-20-18(13-14)22(2,3)17-9-6-8-16-15-7-4-5-10-19(15)23(20)21(16)17/h4-13H,1-3H3. The predicted molar refractivity (Wildman–Crippen MR) is 97.6 cm³/mol. The van der Waals surface area contributed by atoms with Crippen LogP contribution in [-0.4, -0.2) is 4.57 Å². The zero-order valence-electron chi connectivity index (χ0n) is 13.7. The molecule has 2 heterocycles. The van der Waals surface area contributed by atoms with Crippen molar-refractivity contribution in [2.24, 2.45) is 0 Å². The van der Waals surface area contributed by atoms with E-state index in [1.54, 1.807) is 0 Å². The van der Waals surface area contributed by atoms with Crippen LogP contribution in [-0.2, 0) is 5.41 Å². The fourth-order valence-electron chi connectivity index (χ4n) is 4.26. The summed E-state index contributed by atoms with van der Waals surface area (Å²) in [6.45, 7) is 6.88. The summed E-state index contributed by atoms with van der Waals surface area (Å²) in [6, 6.07) is 22.4. The Kier molecular flexibility index (Phi) is 2.28. The highest BCUT2D eigenvalue weighted by Crippen LogP contribution is 2.47. The van der Waals surface area contributed by atoms with Gasteiger partial charge >= 0.3 is 0 Å². The van der Waals surface area contributed by atoms with E-state index in [0.717, 1.165) is 0 Å². The number of fused-ring (bicyclic) bond motifs is 5. The summed E-state index contributed by atoms with van der Waals surface area (Å²) >= 11 is 0. The molecule has 0 unspecified atom stereocenters. The third-order valence-corrected chi connectivity index (χ3v) is 5.43. The highest BCUT2D eigenvalue weighted by atomic mass is 15.0. The third kappa shape index (κ3) is 1.47. The Morgan fingerprint density at radius 2 is 1.57 bits per heavy atom. The molecule has 1 aromatic heterocycles. The number of hydrogen-bond donors (Lipinski definition) is 0. The van der Waals surface area contributed by atoms with Crippen LogP contribution in [0.5, 0.6) is 0 Å². The fourth-order valence-corrected chi connectivity index (χ4v) is 4.26. The Labute approximate surface area is 136 Å². The van der Waals surface area contributed by atoms with Crippen LogP contribution in [0.2, 0.25) is 0 Å². The molecule has 4 aromatic rings. The van der Waals surface area contributed by atoms with E-state index >= 15 is 0 Å². The number of aryl methyl sites for hydroxylation is 1. The molecule has 0 radical (unpaired) electrons. The van der Waals surface area contributed by atoms with Crippen molar-refractivity contribution < 1.29 is 0 Å². The second-order valence-electron chi connectivity index (χ2n) is 7.20. The third-order valence-electron chi connectivity index (χ3n) is 5.43. The van der Waals surface area contributed by atoms with E-state index in [1.807, 2.05) is 0 Å². The van der Waals surface area contributed by atoms with Crippen molar-refractivity contribution in [2.75, 3.05) is 0 Å². The lowest BCUT2D eigenvalue weighted by Crippen LogP contribution is -2.26. The minimum absolute atomic E-state index is 0.0191. The quantitative estimate of drug-likeness (QED) is 0.390. The number of rotatable bonds is 0. The molecular formula is C22H19N. The molecule has 0 aliphatic carbocycles. The van der Waals surface area contributed by atoms with Crippen LogP contribution in [0, 0.1) is 6.92 Å². The van der Waals surface area contributed by atoms with Gasteiger partial charge in [0.1, 0.15) is 0 Å². The molecule has 0 amide bonds. The maximum absolute atomic E-state index is 2.46. The van der Waals surface area contributed by atoms with Crippen LogP contribution < -0.4 is 0 Å². The van der Waals surface area contributed by atoms with Gasteiger partial charge in [-0.1, -0.05) is 67.9 Å². The summed E-state index contributed by atoms with van der Waals surface area (Å²) in [4.78, 5) is 0. The molecule has 0 fully saturated rings. The summed E-state index contributed by atoms with van der Waals surface area (Å²) in [6.07, 6.45) is 0. The van der Waals surface area contributed by atoms with E-state index in [-0.39, 0.29) is 5.41 Å². The molecule has 0 saturated carbocycles. The van der Waals surface area contributed by atoms with Gasteiger partial charge in [-0.2, -0.15) is 0 Å². The van der Waals surface area contributed by atoms with Crippen LogP contribution in [0.25, 0.3) is 27.5 Å². The van der Waals surface area contributed by atoms with E-state index in [1.165, 1.54) is 44.2 Å². The minimum Gasteiger partial charge on any atom is -0.309 e. The maximum atomic E-state index is 2.46. The van der Waals surface area contributed by atoms with Crippen molar-refractivity contribution in [3.63, 3.8) is 0 Å². The van der Waals surface area contributed by atoms with Crippen molar-refractivity contribution in [3.05, 3.63) is 77.4 Å². The number of para-hydroxylation sites is 2. The van der Waals surface area contributed by atoms with Crippen LogP contribution >= 0.6 is 0 Å². The van der Waals surface area contributed by atoms with Crippen molar-refractivity contribution in [2.45, 2.75) is 26.2 Å². The highest BCUT2D eigenvalue weighted by molar-refractivity contribution is 6.11. The molecule has 0 saturated heterocycles. The molecule has 5 rings (SSSR count). The van der Waals surface area contributed by atoms with Gasteiger partial charge in [-0.15, -0.1) is 0 Å². The predicted octanol–water partition coefficient (Wildman–Crippen LogP) is 5.73. The van der Waals surface area contributed by atoms with Gasteiger partial charge in [-0.05, 0) is 30.2 Å². The molecule has 1 aliphatic heterocycles. The molecule has 1 aliphatic rings. The zero-order chi connectivity index (χ0) is 15.8. The van der Waals surface area contributed by atoms with Crippen molar-refractivity contribution >= 4 is 21.8 Å². The van der Waals surface area contributed by atoms with Crippen molar-refractivity contribution in [1.82, 2.24) is 4.57 Å². The van der Waals surface area contributed by atoms with Crippen LogP contribution in [0.3, 0.4) is 0 Å². The molecule has 23 heavy (non-hydrogen) atoms. The Hall–Kier alpha value is -2.54. The molecule has 1 heteroatoms. The lowest BCUT2D eigenvalue weighted by molar-refractivity contribution is 0.629. The topological polar surface area (TPSA) is 4.93 Å². The Morgan fingerprint density at radius 3 is 2.43 bits per heavy atom. The second-order valence-corrected chi connectivity index (χ2v) is 7.20. The van der Waals surface area contributed by atoms with E-state index in [2.05, 4.69) is 86.0 Å². The molecular weight excluding hydrogens is 278 g/mol. The van der Waals surface area contributed by atoms with E-state index in [9.17, 15) is 0 Å². The first-order chi connectivity index (χ1) is 11.1. The summed E-state index contributed by atoms with van der Waals surface area (Å²) < 4.78 is 2.46. The first-order valence-electron chi connectivity index (χ1n) is 8.23. The lowest BCUT2D eigenvalue weighted by atomic mass is 9.74. The average molecular weight is 297 g/mol. The van der Waals surface area contributed by atoms with Gasteiger partial charge in [0.25, 0.3) is 0 Å². The fraction of sp³-hybridized carbons (Fsp3) is 0.182. The first kappa shape index (κ1) is 13.0. The Morgan fingerprint density at radius 1 is 0.783 bits per heavy atom. The van der Waals surface area contributed by atoms with Gasteiger partial charge in [0, 0.05) is 16.2 Å². The largest absolute Gasteiger partial charge is 0.309 e. The van der Waals surface area contributed by atoms with E-state index in [0.29, 0.717) is 0 Å². The Bertz CT molecular complexity index is 1100. The monoisotopic (exact) mass is 297 g/mol. The second kappa shape index (κ2) is 4.05. The molecule has 1 nitrogen and oxygen atoms in total. The average Bonchev–Trinajstić information content (AvgIpc) is 2.89. The number of benzene rings is 3. The number of nitrogens with zero attached hydrogens (tertiary/aromatic N) is 1. The first-order valence-corrected chi connectivity index (χ1v) is 8.23. The number of hydrogen-bond acceptors (Lipinski definition) is 0. The minimum atomic E-state index is 0.0191. The summed E-state index contributed by atoms with van der Waals surface area (Å²) in [5.41, 5.74) is 8.17. The molecule has 0 bridgehead atoms. The van der Waals surface area contributed by atoms with Gasteiger partial charge < -0.3 is 4.57 Å². The van der Waals surface area contributed by atoms with Gasteiger partial charge in [0.2, 0.25) is 0 Å². The van der Waals surface area contributed by atoms with Gasteiger partial charge in [0.15, 0.2) is 0 Å². The lowest BCUT2D eigenvalue weighted by Gasteiger charge is -2.35.